The molecule has 1 rings (SSSR count). The maximum atomic E-state index is 11.3. The van der Waals surface area contributed by atoms with Crippen LogP contribution in [0.3, 0.4) is 0 Å². The quantitative estimate of drug-likeness (QED) is 0.407. The molecule has 0 bridgehead atoms. The molecule has 0 atom stereocenters. The molecule has 0 fully saturated rings. The van der Waals surface area contributed by atoms with Crippen molar-refractivity contribution in [3.05, 3.63) is 35.2 Å². The molecule has 0 spiro atoms. The number of nitrogens with zero attached hydrogens (tertiary/aromatic N) is 1. The molecular weight excluding hydrogens is 281 g/mol. The normalized spacial score (nSPS) is 10.6. The summed E-state index contributed by atoms with van der Waals surface area (Å²) in [5.74, 6) is 0. The molecule has 1 aromatic carbocycles. The van der Waals surface area contributed by atoms with Gasteiger partial charge in [-0.2, -0.15) is 0 Å². The van der Waals surface area contributed by atoms with Gasteiger partial charge in [0.25, 0.3) is 0 Å². The molecule has 72 valence electrons. The topological polar surface area (TPSA) is 57.5 Å². The Morgan fingerprint density at radius 2 is 1.86 bits per heavy atom. The number of benzene rings is 1. The van der Waals surface area contributed by atoms with Crippen LogP contribution in [0.5, 0.6) is 0 Å². The van der Waals surface area contributed by atoms with Gasteiger partial charge in [-0.15, -0.1) is 0 Å². The van der Waals surface area contributed by atoms with E-state index in [1.807, 2.05) is 0 Å². The third-order valence-corrected chi connectivity index (χ3v) is 2.61. The Kier molecular flexibility index (Phi) is 7.23. The summed E-state index contributed by atoms with van der Waals surface area (Å²) in [4.78, 5) is 7.60. The summed E-state index contributed by atoms with van der Waals surface area (Å²) in [6.45, 7) is 0. The van der Waals surface area contributed by atoms with E-state index in [0.29, 0.717) is 0 Å². The molecular formula is C7H7BrNNaO3S. The van der Waals surface area contributed by atoms with E-state index in [1.165, 1.54) is 12.1 Å². The summed E-state index contributed by atoms with van der Waals surface area (Å²) in [5, 5.41) is 0. The summed E-state index contributed by atoms with van der Waals surface area (Å²) in [6.07, 6.45) is 0. The van der Waals surface area contributed by atoms with Crippen molar-refractivity contribution in [2.45, 2.75) is 4.90 Å². The van der Waals surface area contributed by atoms with Crippen molar-refractivity contribution < 1.29 is 42.8 Å². The van der Waals surface area contributed by atoms with Gasteiger partial charge in [0.05, 0.1) is 5.52 Å². The SMILES string of the molecule is O=S(=O)([N-]OCBr)c1ccccc1.[Na+]. The van der Waals surface area contributed by atoms with Gasteiger partial charge in [0.15, 0.2) is 0 Å². The van der Waals surface area contributed by atoms with Gasteiger partial charge in [-0.05, 0) is 12.1 Å². The van der Waals surface area contributed by atoms with Crippen LogP contribution in [0.15, 0.2) is 35.2 Å². The number of hydrogen-bond donors (Lipinski definition) is 0. The van der Waals surface area contributed by atoms with Crippen molar-refractivity contribution in [2.24, 2.45) is 0 Å². The zero-order chi connectivity index (χ0) is 9.73. The molecule has 0 aromatic heterocycles. The molecule has 0 saturated heterocycles. The maximum absolute atomic E-state index is 11.3. The average molecular weight is 288 g/mol. The second kappa shape index (κ2) is 6.95. The van der Waals surface area contributed by atoms with Crippen LogP contribution in [0.25, 0.3) is 4.89 Å². The molecule has 0 radical (unpaired) electrons. The fourth-order valence-electron chi connectivity index (χ4n) is 0.725. The summed E-state index contributed by atoms with van der Waals surface area (Å²) >= 11 is 2.89. The van der Waals surface area contributed by atoms with Gasteiger partial charge in [0.2, 0.25) is 0 Å². The van der Waals surface area contributed by atoms with Crippen molar-refractivity contribution in [3.8, 4) is 0 Å². The standard InChI is InChI=1S/C7H7BrNO3S.Na/c8-6-12-9-13(10,11)7-4-2-1-3-5-7;/h1-5H,6H2;/q-1;+1. The Bertz CT molecular complexity index is 356. The van der Waals surface area contributed by atoms with Crippen LogP contribution in [0.1, 0.15) is 0 Å². The molecule has 7 heteroatoms. The zero-order valence-corrected chi connectivity index (χ0v) is 12.0. The summed E-state index contributed by atoms with van der Waals surface area (Å²) in [7, 11) is -3.65. The first kappa shape index (κ1) is 14.6. The number of rotatable bonds is 4. The van der Waals surface area contributed by atoms with Crippen molar-refractivity contribution in [3.63, 3.8) is 0 Å². The van der Waals surface area contributed by atoms with Crippen LogP contribution < -0.4 is 29.6 Å². The van der Waals surface area contributed by atoms with E-state index >= 15 is 0 Å². The zero-order valence-electron chi connectivity index (χ0n) is 7.55. The molecule has 14 heavy (non-hydrogen) atoms. The number of hydrogen-bond acceptors (Lipinski definition) is 3. The van der Waals surface area contributed by atoms with Crippen LogP contribution in [0.2, 0.25) is 0 Å². The maximum Gasteiger partial charge on any atom is 1.00 e. The van der Waals surface area contributed by atoms with E-state index in [1.54, 1.807) is 18.2 Å². The summed E-state index contributed by atoms with van der Waals surface area (Å²) < 4.78 is 22.6. The van der Waals surface area contributed by atoms with E-state index in [0.717, 1.165) is 0 Å². The van der Waals surface area contributed by atoms with Crippen molar-refractivity contribution >= 4 is 26.0 Å². The minimum atomic E-state index is -3.65. The Hall–Kier alpha value is 0.570. The molecule has 0 saturated carbocycles. The third-order valence-electron chi connectivity index (χ3n) is 1.24. The molecule has 0 amide bonds. The second-order valence-electron chi connectivity index (χ2n) is 2.10. The first-order valence-corrected chi connectivity index (χ1v) is 5.93. The van der Waals surface area contributed by atoms with Crippen molar-refractivity contribution in [1.29, 1.82) is 0 Å². The van der Waals surface area contributed by atoms with E-state index < -0.39 is 10.0 Å². The first-order chi connectivity index (χ1) is 6.17. The van der Waals surface area contributed by atoms with Crippen LogP contribution >= 0.6 is 15.9 Å². The smallest absolute Gasteiger partial charge is 0.462 e. The van der Waals surface area contributed by atoms with Gasteiger partial charge in [0.1, 0.15) is 10.0 Å². The predicted octanol–water partition coefficient (Wildman–Crippen LogP) is -0.963. The second-order valence-corrected chi connectivity index (χ2v) is 4.13. The van der Waals surface area contributed by atoms with Crippen molar-refractivity contribution in [1.82, 2.24) is 0 Å². The monoisotopic (exact) mass is 287 g/mol. The van der Waals surface area contributed by atoms with Crippen LogP contribution in [-0.2, 0) is 14.9 Å². The summed E-state index contributed by atoms with van der Waals surface area (Å²) in [6, 6.07) is 7.88. The minimum Gasteiger partial charge on any atom is -0.462 e. The van der Waals surface area contributed by atoms with Gasteiger partial charge >= 0.3 is 29.6 Å². The number of halogens is 1. The van der Waals surface area contributed by atoms with Gasteiger partial charge < -0.3 is 9.72 Å². The molecule has 0 aliphatic rings. The molecule has 0 unspecified atom stereocenters. The van der Waals surface area contributed by atoms with Gasteiger partial charge in [-0.25, -0.2) is 8.42 Å². The van der Waals surface area contributed by atoms with Crippen LogP contribution in [0, 0.1) is 0 Å². The van der Waals surface area contributed by atoms with Gasteiger partial charge in [0, 0.05) is 4.90 Å². The molecule has 0 N–H and O–H groups in total. The average Bonchev–Trinajstić information content (AvgIpc) is 2.16. The number of alkyl halides is 1. The van der Waals surface area contributed by atoms with E-state index in [4.69, 9.17) is 0 Å². The minimum absolute atomic E-state index is 0. The van der Waals surface area contributed by atoms with Crippen LogP contribution in [-0.4, -0.2) is 13.9 Å². The largest absolute Gasteiger partial charge is 1.00 e. The van der Waals surface area contributed by atoms with Crippen molar-refractivity contribution in [2.75, 3.05) is 5.52 Å². The van der Waals surface area contributed by atoms with E-state index in [-0.39, 0.29) is 40.0 Å². The Morgan fingerprint density at radius 1 is 1.29 bits per heavy atom. The molecule has 0 aliphatic heterocycles. The van der Waals surface area contributed by atoms with E-state index in [2.05, 4.69) is 25.7 Å². The fourth-order valence-corrected chi connectivity index (χ4v) is 1.74. The summed E-state index contributed by atoms with van der Waals surface area (Å²) in [5.41, 5.74) is 0.0546. The Labute approximate surface area is 113 Å². The van der Waals surface area contributed by atoms with Crippen LogP contribution in [0.4, 0.5) is 0 Å². The molecule has 4 nitrogen and oxygen atoms in total. The molecule has 0 heterocycles. The first-order valence-electron chi connectivity index (χ1n) is 3.37. The Balaban J connectivity index is 0.00000169. The molecule has 0 aliphatic carbocycles. The number of sulfonamides is 1. The van der Waals surface area contributed by atoms with E-state index in [9.17, 15) is 8.42 Å². The predicted molar refractivity (Wildman–Crippen MR) is 51.9 cm³/mol. The molecule has 1 aromatic rings. The van der Waals surface area contributed by atoms with Gasteiger partial charge in [-0.1, -0.05) is 34.1 Å². The fraction of sp³-hybridized carbons (Fsp3) is 0.143. The Morgan fingerprint density at radius 3 is 2.36 bits per heavy atom. The third kappa shape index (κ3) is 4.39. The van der Waals surface area contributed by atoms with Gasteiger partial charge in [-0.3, -0.25) is 0 Å².